The van der Waals surface area contributed by atoms with Crippen molar-refractivity contribution in [3.8, 4) is 22.3 Å². The molecule has 35 heavy (non-hydrogen) atoms. The maximum atomic E-state index is 13.1. The van der Waals surface area contributed by atoms with Crippen molar-refractivity contribution in [3.05, 3.63) is 78.5 Å². The van der Waals surface area contributed by atoms with E-state index in [2.05, 4.69) is 43.0 Å². The SMILES string of the molecule is Cc1ccc(-c2cccc3c(S(C)(=O)=O)c(-c4ccc(N5CC(C)OC(C)C5)cc4)cnc23)cc1. The van der Waals surface area contributed by atoms with Crippen molar-refractivity contribution in [3.63, 3.8) is 0 Å². The van der Waals surface area contributed by atoms with Crippen LogP contribution in [0.2, 0.25) is 0 Å². The molecule has 0 aliphatic carbocycles. The van der Waals surface area contributed by atoms with Gasteiger partial charge in [0.25, 0.3) is 0 Å². The number of aryl methyl sites for hydroxylation is 1. The molecule has 0 amide bonds. The highest BCUT2D eigenvalue weighted by Crippen LogP contribution is 2.37. The number of benzene rings is 3. The number of rotatable bonds is 4. The minimum Gasteiger partial charge on any atom is -0.372 e. The van der Waals surface area contributed by atoms with Gasteiger partial charge in [0.1, 0.15) is 0 Å². The molecule has 5 nitrogen and oxygen atoms in total. The Morgan fingerprint density at radius 3 is 2.09 bits per heavy atom. The van der Waals surface area contributed by atoms with E-state index in [1.54, 1.807) is 6.20 Å². The summed E-state index contributed by atoms with van der Waals surface area (Å²) >= 11 is 0. The van der Waals surface area contributed by atoms with Crippen LogP contribution in [0.1, 0.15) is 19.4 Å². The molecule has 5 rings (SSSR count). The third-order valence-electron chi connectivity index (χ3n) is 6.54. The van der Waals surface area contributed by atoms with Crippen LogP contribution in [0, 0.1) is 6.92 Å². The van der Waals surface area contributed by atoms with Crippen LogP contribution in [-0.2, 0) is 14.6 Å². The molecule has 0 N–H and O–H groups in total. The van der Waals surface area contributed by atoms with E-state index in [0.717, 1.165) is 35.5 Å². The van der Waals surface area contributed by atoms with Gasteiger partial charge in [-0.3, -0.25) is 4.98 Å². The summed E-state index contributed by atoms with van der Waals surface area (Å²) in [4.78, 5) is 7.40. The fourth-order valence-corrected chi connectivity index (χ4v) is 6.14. The largest absolute Gasteiger partial charge is 0.372 e. The van der Waals surface area contributed by atoms with E-state index in [9.17, 15) is 8.42 Å². The van der Waals surface area contributed by atoms with Gasteiger partial charge in [0.15, 0.2) is 9.84 Å². The Bertz CT molecular complexity index is 1470. The zero-order valence-electron chi connectivity index (χ0n) is 20.5. The second-order valence-corrected chi connectivity index (χ2v) is 11.5. The number of sulfone groups is 1. The number of para-hydroxylation sites is 1. The lowest BCUT2D eigenvalue weighted by Crippen LogP contribution is -2.45. The summed E-state index contributed by atoms with van der Waals surface area (Å²) in [6, 6.07) is 22.0. The highest BCUT2D eigenvalue weighted by Gasteiger charge is 2.24. The number of fused-ring (bicyclic) bond motifs is 1. The summed E-state index contributed by atoms with van der Waals surface area (Å²) in [7, 11) is -3.53. The van der Waals surface area contributed by atoms with Gasteiger partial charge in [0.2, 0.25) is 0 Å². The van der Waals surface area contributed by atoms with E-state index in [0.29, 0.717) is 21.4 Å². The lowest BCUT2D eigenvalue weighted by Gasteiger charge is -2.36. The minimum absolute atomic E-state index is 0.169. The molecular weight excluding hydrogens is 456 g/mol. The molecule has 1 fully saturated rings. The van der Waals surface area contributed by atoms with Crippen molar-refractivity contribution < 1.29 is 13.2 Å². The quantitative estimate of drug-likeness (QED) is 0.360. The number of aromatic nitrogens is 1. The van der Waals surface area contributed by atoms with E-state index < -0.39 is 9.84 Å². The molecule has 3 aromatic carbocycles. The fraction of sp³-hybridized carbons (Fsp3) is 0.276. The Morgan fingerprint density at radius 2 is 1.46 bits per heavy atom. The van der Waals surface area contributed by atoms with Gasteiger partial charge in [-0.1, -0.05) is 60.2 Å². The predicted molar refractivity (Wildman–Crippen MR) is 143 cm³/mol. The van der Waals surface area contributed by atoms with Crippen molar-refractivity contribution in [2.24, 2.45) is 0 Å². The van der Waals surface area contributed by atoms with Gasteiger partial charge in [0.05, 0.1) is 22.6 Å². The van der Waals surface area contributed by atoms with Gasteiger partial charge in [0, 0.05) is 47.7 Å². The fourth-order valence-electron chi connectivity index (χ4n) is 5.01. The van der Waals surface area contributed by atoms with Gasteiger partial charge < -0.3 is 9.64 Å². The van der Waals surface area contributed by atoms with Crippen LogP contribution in [0.5, 0.6) is 0 Å². The smallest absolute Gasteiger partial charge is 0.176 e. The summed E-state index contributed by atoms with van der Waals surface area (Å²) in [5, 5.41) is 0.642. The van der Waals surface area contributed by atoms with Gasteiger partial charge in [-0.05, 0) is 44.0 Å². The zero-order chi connectivity index (χ0) is 24.7. The summed E-state index contributed by atoms with van der Waals surface area (Å²) in [6.07, 6.45) is 3.31. The number of ether oxygens (including phenoxy) is 1. The molecular formula is C29H30N2O3S. The number of anilines is 1. The van der Waals surface area contributed by atoms with Crippen LogP contribution in [-0.4, -0.2) is 45.0 Å². The predicted octanol–water partition coefficient (Wildman–Crippen LogP) is 5.89. The van der Waals surface area contributed by atoms with Gasteiger partial charge in [-0.25, -0.2) is 8.42 Å². The minimum atomic E-state index is -3.53. The van der Waals surface area contributed by atoms with Crippen LogP contribution in [0.4, 0.5) is 5.69 Å². The Morgan fingerprint density at radius 1 is 0.857 bits per heavy atom. The first kappa shape index (κ1) is 23.5. The van der Waals surface area contributed by atoms with Crippen molar-refractivity contribution in [2.45, 2.75) is 37.9 Å². The molecule has 0 bridgehead atoms. The van der Waals surface area contributed by atoms with Crippen LogP contribution in [0.3, 0.4) is 0 Å². The molecule has 0 saturated carbocycles. The average molecular weight is 487 g/mol. The molecule has 1 aliphatic heterocycles. The van der Waals surface area contributed by atoms with E-state index in [1.165, 1.54) is 11.8 Å². The van der Waals surface area contributed by atoms with Crippen molar-refractivity contribution in [1.29, 1.82) is 0 Å². The van der Waals surface area contributed by atoms with E-state index >= 15 is 0 Å². The first-order valence-corrected chi connectivity index (χ1v) is 13.8. The van der Waals surface area contributed by atoms with Crippen LogP contribution < -0.4 is 4.90 Å². The van der Waals surface area contributed by atoms with Gasteiger partial charge >= 0.3 is 0 Å². The second-order valence-electron chi connectivity index (χ2n) is 9.55. The standard InChI is InChI=1S/C29H30N2O3S/c1-19-8-10-22(11-9-19)25-6-5-7-26-28(25)30-16-27(29(26)35(4,32)33)23-12-14-24(15-13-23)31-17-20(2)34-21(3)18-31/h5-16,20-21H,17-18H2,1-4H3. The first-order valence-electron chi connectivity index (χ1n) is 11.9. The Balaban J connectivity index is 1.61. The zero-order valence-corrected chi connectivity index (χ0v) is 21.3. The van der Waals surface area contributed by atoms with Crippen molar-refractivity contribution in [1.82, 2.24) is 4.98 Å². The third-order valence-corrected chi connectivity index (χ3v) is 7.73. The van der Waals surface area contributed by atoms with Crippen molar-refractivity contribution in [2.75, 3.05) is 24.2 Å². The Hall–Kier alpha value is -3.22. The first-order chi connectivity index (χ1) is 16.7. The number of nitrogens with zero attached hydrogens (tertiary/aromatic N) is 2. The Kier molecular flexibility index (Phi) is 6.11. The monoisotopic (exact) mass is 486 g/mol. The topological polar surface area (TPSA) is 59.5 Å². The molecule has 2 unspecified atom stereocenters. The lowest BCUT2D eigenvalue weighted by molar-refractivity contribution is -0.00521. The molecule has 1 aromatic heterocycles. The summed E-state index contributed by atoms with van der Waals surface area (Å²) < 4.78 is 32.0. The molecule has 1 saturated heterocycles. The third kappa shape index (κ3) is 4.68. The Labute approximate surface area is 207 Å². The summed E-state index contributed by atoms with van der Waals surface area (Å²) in [5.74, 6) is 0. The highest BCUT2D eigenvalue weighted by molar-refractivity contribution is 7.91. The summed E-state index contributed by atoms with van der Waals surface area (Å²) in [5.41, 5.74) is 6.35. The normalized spacial score (nSPS) is 18.7. The molecule has 1 aliphatic rings. The molecule has 4 aromatic rings. The van der Waals surface area contributed by atoms with Gasteiger partial charge in [-0.15, -0.1) is 0 Å². The van der Waals surface area contributed by atoms with E-state index in [-0.39, 0.29) is 12.2 Å². The summed E-state index contributed by atoms with van der Waals surface area (Å²) in [6.45, 7) is 7.88. The van der Waals surface area contributed by atoms with Crippen LogP contribution in [0.25, 0.3) is 33.2 Å². The molecule has 0 radical (unpaired) electrons. The number of morpholine rings is 1. The average Bonchev–Trinajstić information content (AvgIpc) is 2.82. The highest BCUT2D eigenvalue weighted by atomic mass is 32.2. The molecule has 180 valence electrons. The van der Waals surface area contributed by atoms with Gasteiger partial charge in [-0.2, -0.15) is 0 Å². The van der Waals surface area contributed by atoms with Crippen LogP contribution in [0.15, 0.2) is 77.8 Å². The van der Waals surface area contributed by atoms with E-state index in [4.69, 9.17) is 9.72 Å². The second kappa shape index (κ2) is 9.10. The molecule has 0 spiro atoms. The number of hydrogen-bond acceptors (Lipinski definition) is 5. The molecule has 2 heterocycles. The maximum Gasteiger partial charge on any atom is 0.176 e. The number of hydrogen-bond donors (Lipinski definition) is 0. The van der Waals surface area contributed by atoms with Crippen molar-refractivity contribution >= 4 is 26.4 Å². The lowest BCUT2D eigenvalue weighted by atomic mass is 9.98. The number of pyridine rings is 1. The van der Waals surface area contributed by atoms with E-state index in [1.807, 2.05) is 49.4 Å². The molecule has 6 heteroatoms. The molecule has 2 atom stereocenters. The van der Waals surface area contributed by atoms with Crippen LogP contribution >= 0.6 is 0 Å². The maximum absolute atomic E-state index is 13.1.